The van der Waals surface area contributed by atoms with E-state index in [1.807, 2.05) is 13.0 Å². The molecule has 0 radical (unpaired) electrons. The van der Waals surface area contributed by atoms with Gasteiger partial charge < -0.3 is 10.4 Å². The minimum atomic E-state index is -0.0237. The average molecular weight is 297 g/mol. The molecule has 0 aliphatic rings. The molecule has 5 heteroatoms. The SMILES string of the molecule is CSCCCNC(=O)c1cc(C)c(C#CCCO)s1. The second-order valence-corrected chi connectivity index (χ2v) is 6.04. The fourth-order valence-electron chi connectivity index (χ4n) is 1.42. The van der Waals surface area contributed by atoms with E-state index in [9.17, 15) is 4.79 Å². The lowest BCUT2D eigenvalue weighted by Gasteiger charge is -2.01. The Balaban J connectivity index is 2.57. The van der Waals surface area contributed by atoms with Crippen LogP contribution in [0, 0.1) is 18.8 Å². The van der Waals surface area contributed by atoms with Crippen molar-refractivity contribution < 1.29 is 9.90 Å². The van der Waals surface area contributed by atoms with Crippen molar-refractivity contribution in [2.75, 3.05) is 25.2 Å². The molecule has 1 heterocycles. The number of amides is 1. The van der Waals surface area contributed by atoms with Gasteiger partial charge in [0, 0.05) is 13.0 Å². The Bertz CT molecular complexity index is 472. The van der Waals surface area contributed by atoms with Crippen molar-refractivity contribution in [3.8, 4) is 11.8 Å². The van der Waals surface area contributed by atoms with Crippen LogP contribution in [0.3, 0.4) is 0 Å². The van der Waals surface area contributed by atoms with Gasteiger partial charge in [-0.05, 0) is 37.0 Å². The fourth-order valence-corrected chi connectivity index (χ4v) is 2.82. The first-order valence-electron chi connectivity index (χ1n) is 6.16. The van der Waals surface area contributed by atoms with E-state index in [-0.39, 0.29) is 12.5 Å². The van der Waals surface area contributed by atoms with Gasteiger partial charge in [-0.2, -0.15) is 11.8 Å². The van der Waals surface area contributed by atoms with E-state index in [1.165, 1.54) is 11.3 Å². The number of hydrogen-bond donors (Lipinski definition) is 2. The molecule has 2 N–H and O–H groups in total. The zero-order valence-electron chi connectivity index (χ0n) is 11.3. The number of rotatable bonds is 6. The minimum Gasteiger partial charge on any atom is -0.395 e. The number of aliphatic hydroxyl groups is 1. The molecule has 0 unspecified atom stereocenters. The first kappa shape index (κ1) is 16.1. The fraction of sp³-hybridized carbons (Fsp3) is 0.500. The minimum absolute atomic E-state index is 0.0237. The molecule has 0 saturated carbocycles. The van der Waals surface area contributed by atoms with E-state index in [4.69, 9.17) is 5.11 Å². The number of aliphatic hydroxyl groups excluding tert-OH is 1. The molecule has 0 aliphatic carbocycles. The van der Waals surface area contributed by atoms with Gasteiger partial charge in [-0.15, -0.1) is 11.3 Å². The van der Waals surface area contributed by atoms with Gasteiger partial charge in [0.1, 0.15) is 0 Å². The van der Waals surface area contributed by atoms with Crippen LogP contribution >= 0.6 is 23.1 Å². The summed E-state index contributed by atoms with van der Waals surface area (Å²) in [6.07, 6.45) is 3.51. The first-order chi connectivity index (χ1) is 9.19. The third-order valence-corrected chi connectivity index (χ3v) is 4.24. The number of carbonyl (C=O) groups excluding carboxylic acids is 1. The standard InChI is InChI=1S/C14H19NO2S2/c1-11-10-13(14(17)15-7-5-9-18-2)19-12(11)6-3-4-8-16/h10,16H,4-5,7-9H2,1-2H3,(H,15,17). The van der Waals surface area contributed by atoms with Gasteiger partial charge in [-0.25, -0.2) is 0 Å². The van der Waals surface area contributed by atoms with Crippen LogP contribution in [0.1, 0.15) is 33.0 Å². The summed E-state index contributed by atoms with van der Waals surface area (Å²) in [5.41, 5.74) is 1.02. The Labute approximate surface area is 122 Å². The smallest absolute Gasteiger partial charge is 0.261 e. The molecule has 104 valence electrons. The highest BCUT2D eigenvalue weighted by molar-refractivity contribution is 7.98. The summed E-state index contributed by atoms with van der Waals surface area (Å²) in [6, 6.07) is 1.87. The van der Waals surface area contributed by atoms with E-state index in [0.717, 1.165) is 22.6 Å². The van der Waals surface area contributed by atoms with Gasteiger partial charge in [0.15, 0.2) is 0 Å². The maximum absolute atomic E-state index is 11.9. The van der Waals surface area contributed by atoms with Crippen LogP contribution in [0.4, 0.5) is 0 Å². The predicted octanol–water partition coefficient (Wildman–Crippen LogP) is 2.27. The third-order valence-electron chi connectivity index (χ3n) is 2.39. The maximum Gasteiger partial charge on any atom is 0.261 e. The van der Waals surface area contributed by atoms with Crippen LogP contribution in [-0.2, 0) is 0 Å². The molecular formula is C14H19NO2S2. The number of hydrogen-bond acceptors (Lipinski definition) is 4. The lowest BCUT2D eigenvalue weighted by molar-refractivity contribution is 0.0958. The van der Waals surface area contributed by atoms with Gasteiger partial charge >= 0.3 is 0 Å². The lowest BCUT2D eigenvalue weighted by atomic mass is 10.2. The summed E-state index contributed by atoms with van der Waals surface area (Å²) in [6.45, 7) is 2.73. The van der Waals surface area contributed by atoms with Crippen LogP contribution in [0.25, 0.3) is 0 Å². The molecule has 3 nitrogen and oxygen atoms in total. The molecule has 0 bridgehead atoms. The maximum atomic E-state index is 11.9. The summed E-state index contributed by atoms with van der Waals surface area (Å²) in [5, 5.41) is 11.6. The van der Waals surface area contributed by atoms with E-state index < -0.39 is 0 Å². The number of aryl methyl sites for hydroxylation is 1. The van der Waals surface area contributed by atoms with Crippen molar-refractivity contribution in [1.29, 1.82) is 0 Å². The lowest BCUT2D eigenvalue weighted by Crippen LogP contribution is -2.23. The van der Waals surface area contributed by atoms with E-state index in [1.54, 1.807) is 11.8 Å². The molecule has 0 aromatic carbocycles. The molecule has 0 spiro atoms. The summed E-state index contributed by atoms with van der Waals surface area (Å²) in [7, 11) is 0. The summed E-state index contributed by atoms with van der Waals surface area (Å²) in [4.78, 5) is 13.5. The van der Waals surface area contributed by atoms with Crippen LogP contribution in [0.15, 0.2) is 6.07 Å². The summed E-state index contributed by atoms with van der Waals surface area (Å²) >= 11 is 3.19. The Morgan fingerprint density at radius 1 is 1.58 bits per heavy atom. The van der Waals surface area contributed by atoms with Crippen molar-refractivity contribution >= 4 is 29.0 Å². The molecule has 1 aromatic rings. The van der Waals surface area contributed by atoms with Crippen molar-refractivity contribution in [3.05, 3.63) is 21.4 Å². The largest absolute Gasteiger partial charge is 0.395 e. The third kappa shape index (κ3) is 5.68. The van der Waals surface area contributed by atoms with Crippen LogP contribution < -0.4 is 5.32 Å². The zero-order chi connectivity index (χ0) is 14.1. The molecule has 0 aliphatic heterocycles. The summed E-state index contributed by atoms with van der Waals surface area (Å²) < 4.78 is 0. The normalized spacial score (nSPS) is 9.84. The highest BCUT2D eigenvalue weighted by Crippen LogP contribution is 2.20. The van der Waals surface area contributed by atoms with Gasteiger partial charge in [-0.1, -0.05) is 11.8 Å². The molecule has 19 heavy (non-hydrogen) atoms. The van der Waals surface area contributed by atoms with Gasteiger partial charge in [0.05, 0.1) is 16.4 Å². The molecule has 0 atom stereocenters. The molecule has 0 fully saturated rings. The Kier molecular flexibility index (Phi) is 7.65. The quantitative estimate of drug-likeness (QED) is 0.625. The number of carbonyl (C=O) groups is 1. The topological polar surface area (TPSA) is 49.3 Å². The Hall–Kier alpha value is -0.960. The average Bonchev–Trinajstić information content (AvgIpc) is 2.77. The molecule has 0 saturated heterocycles. The highest BCUT2D eigenvalue weighted by Gasteiger charge is 2.10. The van der Waals surface area contributed by atoms with Crippen molar-refractivity contribution in [3.63, 3.8) is 0 Å². The monoisotopic (exact) mass is 297 g/mol. The van der Waals surface area contributed by atoms with E-state index in [2.05, 4.69) is 23.4 Å². The highest BCUT2D eigenvalue weighted by atomic mass is 32.2. The van der Waals surface area contributed by atoms with Gasteiger partial charge in [-0.3, -0.25) is 4.79 Å². The second-order valence-electron chi connectivity index (χ2n) is 4.00. The Morgan fingerprint density at radius 2 is 2.37 bits per heavy atom. The number of thiophene rings is 1. The van der Waals surface area contributed by atoms with Crippen LogP contribution in [-0.4, -0.2) is 36.2 Å². The van der Waals surface area contributed by atoms with E-state index >= 15 is 0 Å². The molecule has 1 rings (SSSR count). The van der Waals surface area contributed by atoms with Crippen molar-refractivity contribution in [2.45, 2.75) is 19.8 Å². The second kappa shape index (κ2) is 9.03. The number of thioether (sulfide) groups is 1. The Morgan fingerprint density at radius 3 is 3.05 bits per heavy atom. The van der Waals surface area contributed by atoms with E-state index in [0.29, 0.717) is 17.8 Å². The van der Waals surface area contributed by atoms with Crippen molar-refractivity contribution in [2.24, 2.45) is 0 Å². The van der Waals surface area contributed by atoms with Crippen molar-refractivity contribution in [1.82, 2.24) is 5.32 Å². The van der Waals surface area contributed by atoms with Crippen LogP contribution in [0.2, 0.25) is 0 Å². The first-order valence-corrected chi connectivity index (χ1v) is 8.37. The predicted molar refractivity (Wildman–Crippen MR) is 83.0 cm³/mol. The number of nitrogens with one attached hydrogen (secondary N) is 1. The zero-order valence-corrected chi connectivity index (χ0v) is 12.9. The summed E-state index contributed by atoms with van der Waals surface area (Å²) in [5.74, 6) is 6.90. The van der Waals surface area contributed by atoms with Gasteiger partial charge in [0.2, 0.25) is 0 Å². The molecular weight excluding hydrogens is 278 g/mol. The van der Waals surface area contributed by atoms with Gasteiger partial charge in [0.25, 0.3) is 5.91 Å². The molecule has 1 amide bonds. The van der Waals surface area contributed by atoms with Crippen LogP contribution in [0.5, 0.6) is 0 Å². The molecule has 1 aromatic heterocycles.